The van der Waals surface area contributed by atoms with Crippen molar-refractivity contribution in [2.45, 2.75) is 12.7 Å². The van der Waals surface area contributed by atoms with Gasteiger partial charge in [0.25, 0.3) is 0 Å². The standard InChI is InChI=1S/C5H9N3O3S/c1-4-7-8-5(11-4)3-12(9,10)6-2/h6H,3H2,1-2H3. The molecular formula is C5H9N3O3S. The van der Waals surface area contributed by atoms with Crippen molar-refractivity contribution in [2.75, 3.05) is 7.05 Å². The summed E-state index contributed by atoms with van der Waals surface area (Å²) in [6.45, 7) is 1.60. The Morgan fingerprint density at radius 3 is 2.58 bits per heavy atom. The maximum Gasteiger partial charge on any atom is 0.232 e. The summed E-state index contributed by atoms with van der Waals surface area (Å²) in [5, 5.41) is 7.04. The van der Waals surface area contributed by atoms with Crippen LogP contribution < -0.4 is 4.72 Å². The van der Waals surface area contributed by atoms with E-state index in [9.17, 15) is 8.42 Å². The summed E-state index contributed by atoms with van der Waals surface area (Å²) < 4.78 is 28.9. The van der Waals surface area contributed by atoms with Crippen molar-refractivity contribution >= 4 is 10.0 Å². The third-order valence-corrected chi connectivity index (χ3v) is 2.44. The lowest BCUT2D eigenvalue weighted by molar-refractivity contribution is 0.479. The van der Waals surface area contributed by atoms with E-state index >= 15 is 0 Å². The summed E-state index contributed by atoms with van der Waals surface area (Å²) in [5.41, 5.74) is 0. The molecule has 0 amide bonds. The summed E-state index contributed by atoms with van der Waals surface area (Å²) in [4.78, 5) is 0. The summed E-state index contributed by atoms with van der Waals surface area (Å²) in [6.07, 6.45) is 0. The lowest BCUT2D eigenvalue weighted by atomic mass is 10.8. The third kappa shape index (κ3) is 2.28. The van der Waals surface area contributed by atoms with Crippen LogP contribution in [0.25, 0.3) is 0 Å². The van der Waals surface area contributed by atoms with E-state index in [1.165, 1.54) is 7.05 Å². The van der Waals surface area contributed by atoms with Crippen LogP contribution in [-0.2, 0) is 15.8 Å². The number of nitrogens with one attached hydrogen (secondary N) is 1. The molecule has 0 aliphatic heterocycles. The Kier molecular flexibility index (Phi) is 2.43. The number of nitrogens with zero attached hydrogens (tertiary/aromatic N) is 2. The highest BCUT2D eigenvalue weighted by atomic mass is 32.2. The van der Waals surface area contributed by atoms with Crippen LogP contribution in [0.4, 0.5) is 0 Å². The first-order valence-corrected chi connectivity index (χ1v) is 4.89. The van der Waals surface area contributed by atoms with Gasteiger partial charge in [0.2, 0.25) is 21.8 Å². The zero-order valence-electron chi connectivity index (χ0n) is 6.73. The van der Waals surface area contributed by atoms with Crippen LogP contribution in [0.15, 0.2) is 4.42 Å². The molecule has 0 atom stereocenters. The fourth-order valence-corrected chi connectivity index (χ4v) is 1.22. The Morgan fingerprint density at radius 2 is 2.17 bits per heavy atom. The van der Waals surface area contributed by atoms with Gasteiger partial charge in [-0.15, -0.1) is 10.2 Å². The first-order valence-electron chi connectivity index (χ1n) is 3.24. The number of aryl methyl sites for hydroxylation is 1. The van der Waals surface area contributed by atoms with Crippen LogP contribution in [-0.4, -0.2) is 25.7 Å². The van der Waals surface area contributed by atoms with Crippen molar-refractivity contribution < 1.29 is 12.8 Å². The number of sulfonamides is 1. The Labute approximate surface area is 70.0 Å². The van der Waals surface area contributed by atoms with Crippen molar-refractivity contribution in [3.8, 4) is 0 Å². The molecule has 68 valence electrons. The Bertz CT molecular complexity index is 356. The number of hydrogen-bond donors (Lipinski definition) is 1. The second-order valence-corrected chi connectivity index (χ2v) is 4.10. The zero-order valence-corrected chi connectivity index (χ0v) is 7.55. The minimum atomic E-state index is -3.31. The smallest absolute Gasteiger partial charge is 0.232 e. The summed E-state index contributed by atoms with van der Waals surface area (Å²) in [6, 6.07) is 0. The molecule has 1 heterocycles. The van der Waals surface area contributed by atoms with Crippen LogP contribution in [0.3, 0.4) is 0 Å². The minimum absolute atomic E-state index is 0.0989. The maximum atomic E-state index is 10.9. The molecule has 6 nitrogen and oxygen atoms in total. The highest BCUT2D eigenvalue weighted by molar-refractivity contribution is 7.88. The fourth-order valence-electron chi connectivity index (χ4n) is 0.631. The molecule has 0 fully saturated rings. The first-order chi connectivity index (χ1) is 5.53. The van der Waals surface area contributed by atoms with Crippen molar-refractivity contribution in [2.24, 2.45) is 0 Å². The summed E-state index contributed by atoms with van der Waals surface area (Å²) >= 11 is 0. The second kappa shape index (κ2) is 3.20. The molecule has 0 aliphatic rings. The van der Waals surface area contributed by atoms with Gasteiger partial charge < -0.3 is 4.42 Å². The predicted octanol–water partition coefficient (Wildman–Crippen LogP) is -0.573. The second-order valence-electron chi connectivity index (χ2n) is 2.18. The maximum absolute atomic E-state index is 10.9. The molecule has 0 saturated heterocycles. The van der Waals surface area contributed by atoms with Gasteiger partial charge in [0.1, 0.15) is 5.75 Å². The average molecular weight is 191 g/mol. The number of hydrogen-bond acceptors (Lipinski definition) is 5. The molecule has 0 spiro atoms. The first kappa shape index (κ1) is 9.14. The zero-order chi connectivity index (χ0) is 9.19. The van der Waals surface area contributed by atoms with Crippen LogP contribution >= 0.6 is 0 Å². The van der Waals surface area contributed by atoms with E-state index in [0.29, 0.717) is 5.89 Å². The largest absolute Gasteiger partial charge is 0.424 e. The highest BCUT2D eigenvalue weighted by Crippen LogP contribution is 2.01. The van der Waals surface area contributed by atoms with Crippen molar-refractivity contribution in [3.05, 3.63) is 11.8 Å². The van der Waals surface area contributed by atoms with Gasteiger partial charge in [-0.25, -0.2) is 13.1 Å². The van der Waals surface area contributed by atoms with Crippen LogP contribution in [0.2, 0.25) is 0 Å². The molecule has 1 aromatic heterocycles. The molecule has 1 N–H and O–H groups in total. The van der Waals surface area contributed by atoms with Crippen LogP contribution in [0, 0.1) is 6.92 Å². The van der Waals surface area contributed by atoms with Crippen molar-refractivity contribution in [1.82, 2.24) is 14.9 Å². The lowest BCUT2D eigenvalue weighted by Crippen LogP contribution is -2.20. The predicted molar refractivity (Wildman–Crippen MR) is 40.7 cm³/mol. The van der Waals surface area contributed by atoms with E-state index in [4.69, 9.17) is 4.42 Å². The quantitative estimate of drug-likeness (QED) is 0.691. The monoisotopic (exact) mass is 191 g/mol. The number of rotatable bonds is 3. The van der Waals surface area contributed by atoms with E-state index in [1.54, 1.807) is 6.92 Å². The van der Waals surface area contributed by atoms with Crippen LogP contribution in [0.5, 0.6) is 0 Å². The molecule has 0 aliphatic carbocycles. The number of aromatic nitrogens is 2. The summed E-state index contributed by atoms with van der Waals surface area (Å²) in [5.74, 6) is 0.183. The molecule has 1 rings (SSSR count). The van der Waals surface area contributed by atoms with Crippen molar-refractivity contribution in [1.29, 1.82) is 0 Å². The molecule has 1 aromatic rings. The molecule has 0 aromatic carbocycles. The molecule has 0 saturated carbocycles. The summed E-state index contributed by atoms with van der Waals surface area (Å²) in [7, 11) is -1.97. The highest BCUT2D eigenvalue weighted by Gasteiger charge is 2.13. The van der Waals surface area contributed by atoms with E-state index < -0.39 is 10.0 Å². The minimum Gasteiger partial charge on any atom is -0.424 e. The van der Waals surface area contributed by atoms with E-state index in [2.05, 4.69) is 14.9 Å². The lowest BCUT2D eigenvalue weighted by Gasteiger charge is -1.95. The average Bonchev–Trinajstić information content (AvgIpc) is 2.35. The van der Waals surface area contributed by atoms with Gasteiger partial charge in [0.05, 0.1) is 0 Å². The van der Waals surface area contributed by atoms with Crippen LogP contribution in [0.1, 0.15) is 11.8 Å². The fraction of sp³-hybridized carbons (Fsp3) is 0.600. The van der Waals surface area contributed by atoms with Gasteiger partial charge in [0.15, 0.2) is 0 Å². The third-order valence-electron chi connectivity index (χ3n) is 1.19. The Balaban J connectivity index is 2.77. The Morgan fingerprint density at radius 1 is 1.50 bits per heavy atom. The molecule has 0 radical (unpaired) electrons. The van der Waals surface area contributed by atoms with Gasteiger partial charge in [-0.2, -0.15) is 0 Å². The van der Waals surface area contributed by atoms with Gasteiger partial charge >= 0.3 is 0 Å². The molecule has 12 heavy (non-hydrogen) atoms. The molecule has 0 bridgehead atoms. The molecule has 7 heteroatoms. The van der Waals surface area contributed by atoms with Gasteiger partial charge in [-0.3, -0.25) is 0 Å². The van der Waals surface area contributed by atoms with Crippen molar-refractivity contribution in [3.63, 3.8) is 0 Å². The van der Waals surface area contributed by atoms with Gasteiger partial charge in [-0.1, -0.05) is 0 Å². The molecule has 0 unspecified atom stereocenters. The normalized spacial score (nSPS) is 11.8. The Hall–Kier alpha value is -0.950. The topological polar surface area (TPSA) is 85.1 Å². The van der Waals surface area contributed by atoms with E-state index in [-0.39, 0.29) is 11.6 Å². The van der Waals surface area contributed by atoms with E-state index in [1.807, 2.05) is 0 Å². The van der Waals surface area contributed by atoms with Gasteiger partial charge in [0, 0.05) is 6.92 Å². The molecular weight excluding hydrogens is 182 g/mol. The van der Waals surface area contributed by atoms with E-state index in [0.717, 1.165) is 0 Å². The SMILES string of the molecule is CNS(=O)(=O)Cc1nnc(C)o1. The van der Waals surface area contributed by atoms with Gasteiger partial charge in [-0.05, 0) is 7.05 Å².